The van der Waals surface area contributed by atoms with Crippen molar-refractivity contribution in [1.82, 2.24) is 9.62 Å². The highest BCUT2D eigenvalue weighted by molar-refractivity contribution is 7.89. The molecule has 2 bridgehead atoms. The molecule has 3 fully saturated rings. The lowest BCUT2D eigenvalue weighted by molar-refractivity contribution is 0.0492. The molecule has 3 aliphatic rings. The van der Waals surface area contributed by atoms with Gasteiger partial charge in [0.25, 0.3) is 5.91 Å². The Hall–Kier alpha value is -1.87. The van der Waals surface area contributed by atoms with Crippen molar-refractivity contribution in [1.29, 1.82) is 0 Å². The lowest BCUT2D eigenvalue weighted by atomic mass is 9.89. The zero-order chi connectivity index (χ0) is 26.5. The number of amides is 1. The van der Waals surface area contributed by atoms with Gasteiger partial charge in [-0.1, -0.05) is 23.2 Å². The molecule has 5 rings (SSSR count). The molecule has 200 valence electrons. The molecule has 6 nitrogen and oxygen atoms in total. The molecule has 10 heteroatoms. The molecule has 1 unspecified atom stereocenters. The van der Waals surface area contributed by atoms with Gasteiger partial charge < -0.3 is 4.74 Å². The summed E-state index contributed by atoms with van der Waals surface area (Å²) >= 11 is 12.5. The number of carbonyl (C=O) groups excluding carboxylic acids is 1. The molecule has 1 N–H and O–H groups in total. The lowest BCUT2D eigenvalue weighted by Crippen LogP contribution is -2.45. The minimum atomic E-state index is -3.79. The first-order valence-corrected chi connectivity index (χ1v) is 15.3. The third-order valence-corrected chi connectivity index (χ3v) is 8.81. The smallest absolute Gasteiger partial charge is 0.267 e. The van der Waals surface area contributed by atoms with Gasteiger partial charge in [-0.3, -0.25) is 9.69 Å². The fourth-order valence-corrected chi connectivity index (χ4v) is 7.09. The van der Waals surface area contributed by atoms with Gasteiger partial charge in [0.2, 0.25) is 10.0 Å². The van der Waals surface area contributed by atoms with E-state index in [-0.39, 0.29) is 17.5 Å². The average molecular weight is 570 g/mol. The minimum absolute atomic E-state index is 0.198. The van der Waals surface area contributed by atoms with E-state index in [9.17, 15) is 17.6 Å². The summed E-state index contributed by atoms with van der Waals surface area (Å²) in [7, 11) is -3.79. The summed E-state index contributed by atoms with van der Waals surface area (Å²) in [5, 5.41) is 1.28. The number of ether oxygens (including phenoxy) is 1. The Bertz CT molecular complexity index is 1280. The van der Waals surface area contributed by atoms with Gasteiger partial charge in [0.15, 0.2) is 0 Å². The van der Waals surface area contributed by atoms with Crippen molar-refractivity contribution in [2.24, 2.45) is 5.92 Å². The van der Waals surface area contributed by atoms with Gasteiger partial charge >= 0.3 is 0 Å². The number of benzene rings is 2. The number of carbonyl (C=O) groups is 1. The summed E-state index contributed by atoms with van der Waals surface area (Å²) in [5.41, 5.74) is 1.61. The van der Waals surface area contributed by atoms with Gasteiger partial charge in [0.05, 0.1) is 18.4 Å². The van der Waals surface area contributed by atoms with Crippen LogP contribution in [0.1, 0.15) is 78.9 Å². The summed E-state index contributed by atoms with van der Waals surface area (Å²) in [5.74, 6) is -0.763. The molecule has 4 atom stereocenters. The van der Waals surface area contributed by atoms with Gasteiger partial charge in [-0.25, -0.2) is 17.5 Å². The fourth-order valence-electron chi connectivity index (χ4n) is 6.10. The number of piperidine rings is 1. The predicted molar refractivity (Wildman–Crippen MR) is 142 cm³/mol. The van der Waals surface area contributed by atoms with E-state index in [1.54, 1.807) is 6.07 Å². The summed E-state index contributed by atoms with van der Waals surface area (Å²) in [6, 6.07) is 9.48. The Labute approximate surface area is 227 Å². The number of nitrogens with one attached hydrogen (secondary N) is 1. The van der Waals surface area contributed by atoms with Gasteiger partial charge in [-0.05, 0) is 92.7 Å². The second-order valence-electron chi connectivity index (χ2n) is 10.7. The van der Waals surface area contributed by atoms with Gasteiger partial charge in [0, 0.05) is 34.2 Å². The van der Waals surface area contributed by atoms with Crippen molar-refractivity contribution in [3.63, 3.8) is 0 Å². The third-order valence-electron chi connectivity index (χ3n) is 7.82. The van der Waals surface area contributed by atoms with E-state index >= 15 is 0 Å². The third kappa shape index (κ3) is 6.08. The van der Waals surface area contributed by atoms with Crippen LogP contribution in [0.15, 0.2) is 30.3 Å². The molecule has 2 saturated heterocycles. The SMILES string of the molecule is C[C@H](c1cc(Cl)cc(Cl)c1)N1C2CC[C@H]1C[C@H](COc1cc(F)c(C(=O)NS(C)(=O)=O)cc1C1CC1)C2. The molecule has 0 radical (unpaired) electrons. The Kier molecular flexibility index (Phi) is 7.48. The standard InChI is InChI=1S/C27H31Cl2FN2O4S/c1-15(18-9-19(28)11-20(29)10-18)32-21-5-6-22(32)8-16(7-21)14-36-26-13-25(30)24(12-23(26)17-3-4-17)27(33)31-37(2,34)35/h9-13,15-17,21-22H,3-8,14H2,1-2H3,(H,31,33)/t15-,16-,21?,22+/m1/s1. The van der Waals surface area contributed by atoms with E-state index in [1.165, 1.54) is 12.1 Å². The molecule has 2 aliphatic heterocycles. The van der Waals surface area contributed by atoms with Gasteiger partial charge in [0.1, 0.15) is 11.6 Å². The molecule has 1 aliphatic carbocycles. The van der Waals surface area contributed by atoms with Crippen LogP contribution in [0.2, 0.25) is 10.0 Å². The van der Waals surface area contributed by atoms with E-state index in [0.29, 0.717) is 40.4 Å². The zero-order valence-electron chi connectivity index (χ0n) is 20.8. The Balaban J connectivity index is 1.27. The molecular formula is C27H31Cl2FN2O4S. The number of nitrogens with zero attached hydrogens (tertiary/aromatic N) is 1. The summed E-state index contributed by atoms with van der Waals surface area (Å²) in [4.78, 5) is 14.9. The second-order valence-corrected chi connectivity index (χ2v) is 13.3. The predicted octanol–water partition coefficient (Wildman–Crippen LogP) is 6.08. The molecule has 0 spiro atoms. The fraction of sp³-hybridized carbons (Fsp3) is 0.519. The van der Waals surface area contributed by atoms with Crippen molar-refractivity contribution in [2.45, 2.75) is 69.5 Å². The maximum Gasteiger partial charge on any atom is 0.267 e. The first kappa shape index (κ1) is 26.7. The molecule has 0 aromatic heterocycles. The van der Waals surface area contributed by atoms with E-state index in [1.807, 2.05) is 16.9 Å². The van der Waals surface area contributed by atoms with E-state index in [2.05, 4.69) is 11.8 Å². The minimum Gasteiger partial charge on any atom is -0.493 e. The number of hydrogen-bond acceptors (Lipinski definition) is 5. The van der Waals surface area contributed by atoms with Crippen LogP contribution in [0.25, 0.3) is 0 Å². The summed E-state index contributed by atoms with van der Waals surface area (Å²) in [6.45, 7) is 2.68. The largest absolute Gasteiger partial charge is 0.493 e. The molecule has 2 heterocycles. The van der Waals surface area contributed by atoms with Gasteiger partial charge in [-0.15, -0.1) is 0 Å². The molecule has 1 saturated carbocycles. The van der Waals surface area contributed by atoms with Crippen LogP contribution in [0.4, 0.5) is 4.39 Å². The highest BCUT2D eigenvalue weighted by Crippen LogP contribution is 2.47. The normalized spacial score (nSPS) is 24.6. The summed E-state index contributed by atoms with van der Waals surface area (Å²) in [6.07, 6.45) is 6.98. The van der Waals surface area contributed by atoms with Crippen molar-refractivity contribution in [2.75, 3.05) is 12.9 Å². The molecule has 2 aromatic carbocycles. The van der Waals surface area contributed by atoms with Gasteiger partial charge in [-0.2, -0.15) is 0 Å². The van der Waals surface area contributed by atoms with Crippen LogP contribution in [0, 0.1) is 11.7 Å². The van der Waals surface area contributed by atoms with Crippen LogP contribution >= 0.6 is 23.2 Å². The number of fused-ring (bicyclic) bond motifs is 2. The highest BCUT2D eigenvalue weighted by Gasteiger charge is 2.43. The molecule has 37 heavy (non-hydrogen) atoms. The van der Waals surface area contributed by atoms with Crippen LogP contribution in [0.5, 0.6) is 5.75 Å². The Morgan fingerprint density at radius 1 is 1.08 bits per heavy atom. The lowest BCUT2D eigenvalue weighted by Gasteiger charge is -2.42. The van der Waals surface area contributed by atoms with Crippen molar-refractivity contribution >= 4 is 39.1 Å². The zero-order valence-corrected chi connectivity index (χ0v) is 23.2. The molecular weight excluding hydrogens is 538 g/mol. The van der Waals surface area contributed by atoms with E-state index in [0.717, 1.165) is 55.9 Å². The topological polar surface area (TPSA) is 75.7 Å². The summed E-state index contributed by atoms with van der Waals surface area (Å²) < 4.78 is 45.8. The van der Waals surface area contributed by atoms with Crippen LogP contribution in [-0.4, -0.2) is 44.2 Å². The monoisotopic (exact) mass is 568 g/mol. The second kappa shape index (κ2) is 10.4. The first-order chi connectivity index (χ1) is 17.5. The average Bonchev–Trinajstić information content (AvgIpc) is 3.60. The Morgan fingerprint density at radius 3 is 2.27 bits per heavy atom. The molecule has 2 aromatic rings. The number of rotatable bonds is 8. The van der Waals surface area contributed by atoms with Crippen LogP contribution < -0.4 is 9.46 Å². The van der Waals surface area contributed by atoms with Crippen LogP contribution in [-0.2, 0) is 10.0 Å². The van der Waals surface area contributed by atoms with Crippen LogP contribution in [0.3, 0.4) is 0 Å². The van der Waals surface area contributed by atoms with Crippen molar-refractivity contribution < 1.29 is 22.3 Å². The van der Waals surface area contributed by atoms with E-state index in [4.69, 9.17) is 27.9 Å². The first-order valence-electron chi connectivity index (χ1n) is 12.7. The number of hydrogen-bond donors (Lipinski definition) is 1. The Morgan fingerprint density at radius 2 is 1.70 bits per heavy atom. The number of sulfonamides is 1. The van der Waals surface area contributed by atoms with E-state index < -0.39 is 21.7 Å². The number of halogens is 3. The maximum absolute atomic E-state index is 14.8. The van der Waals surface area contributed by atoms with Crippen molar-refractivity contribution in [3.8, 4) is 5.75 Å². The molecule has 1 amide bonds. The highest BCUT2D eigenvalue weighted by atomic mass is 35.5. The maximum atomic E-state index is 14.8. The quantitative estimate of drug-likeness (QED) is 0.417. The van der Waals surface area contributed by atoms with Crippen molar-refractivity contribution in [3.05, 3.63) is 62.9 Å².